The fourth-order valence-corrected chi connectivity index (χ4v) is 4.65. The van der Waals surface area contributed by atoms with Crippen molar-refractivity contribution in [2.45, 2.75) is 8.41 Å². The quantitative estimate of drug-likeness (QED) is 0.586. The van der Waals surface area contributed by atoms with Crippen LogP contribution in [0, 0.1) is 0 Å². The van der Waals surface area contributed by atoms with Gasteiger partial charge in [0.1, 0.15) is 16.2 Å². The second-order valence-corrected chi connectivity index (χ2v) is 7.96. The molecule has 1 aliphatic rings. The Balaban J connectivity index is 2.03. The van der Waals surface area contributed by atoms with Gasteiger partial charge in [-0.1, -0.05) is 47.5 Å². The van der Waals surface area contributed by atoms with E-state index in [2.05, 4.69) is 0 Å². The van der Waals surface area contributed by atoms with E-state index in [9.17, 15) is 0 Å². The summed E-state index contributed by atoms with van der Waals surface area (Å²) in [4.78, 5) is 0. The fourth-order valence-electron chi connectivity index (χ4n) is 2.44. The first-order valence-corrected chi connectivity index (χ1v) is 7.98. The molecule has 3 rings (SSSR count). The van der Waals surface area contributed by atoms with Crippen molar-refractivity contribution in [3.05, 3.63) is 59.7 Å². The van der Waals surface area contributed by atoms with Crippen LogP contribution in [0.1, 0.15) is 11.1 Å². The lowest BCUT2D eigenvalue weighted by Gasteiger charge is -2.18. The van der Waals surface area contributed by atoms with Gasteiger partial charge in [-0.3, -0.25) is 0 Å². The van der Waals surface area contributed by atoms with Crippen LogP contribution in [0.15, 0.2) is 48.5 Å². The van der Waals surface area contributed by atoms with Gasteiger partial charge in [0.15, 0.2) is 3.67 Å². The van der Waals surface area contributed by atoms with Gasteiger partial charge in [-0.05, 0) is 35.4 Å². The first-order valence-electron chi connectivity index (χ1n) is 6.40. The first kappa shape index (κ1) is 14.9. The Bertz CT molecular complexity index is 591. The molecular weight excluding hydrogens is 327 g/mol. The molecule has 2 nitrogen and oxygen atoms in total. The first-order chi connectivity index (χ1) is 10.0. The van der Waals surface area contributed by atoms with E-state index in [1.807, 2.05) is 48.5 Å². The van der Waals surface area contributed by atoms with E-state index in [1.165, 1.54) is 11.8 Å². The number of rotatable bonds is 4. The number of methoxy groups -OCH3 is 2. The molecule has 2 aromatic carbocycles. The Kier molecular flexibility index (Phi) is 3.76. The third-order valence-corrected chi connectivity index (χ3v) is 6.34. The van der Waals surface area contributed by atoms with Gasteiger partial charge in [0.2, 0.25) is 0 Å². The van der Waals surface area contributed by atoms with Gasteiger partial charge in [0, 0.05) is 0 Å². The molecule has 0 spiro atoms. The maximum atomic E-state index is 6.45. The molecule has 1 saturated heterocycles. The monoisotopic (exact) mass is 340 g/mol. The third kappa shape index (κ3) is 2.37. The standard InChI is InChI=1S/C16H14Cl2O2S/c1-19-13-7-3-11(4-8-13)15(16(17,18)21-15)12-5-9-14(20-2)10-6-12/h3-10H,1-2H3. The minimum atomic E-state index is -0.865. The Morgan fingerprint density at radius 1 is 0.762 bits per heavy atom. The van der Waals surface area contributed by atoms with E-state index < -0.39 is 8.41 Å². The number of ether oxygens (including phenoxy) is 2. The summed E-state index contributed by atoms with van der Waals surface area (Å²) in [6.07, 6.45) is 0. The van der Waals surface area contributed by atoms with Crippen LogP contribution >= 0.6 is 35.0 Å². The van der Waals surface area contributed by atoms with E-state index in [1.54, 1.807) is 14.2 Å². The summed E-state index contributed by atoms with van der Waals surface area (Å²) in [5.74, 6) is 1.62. The minimum Gasteiger partial charge on any atom is -0.497 e. The van der Waals surface area contributed by atoms with Crippen molar-refractivity contribution in [2.24, 2.45) is 0 Å². The van der Waals surface area contributed by atoms with E-state index in [-0.39, 0.29) is 0 Å². The lowest BCUT2D eigenvalue weighted by molar-refractivity contribution is 0.414. The van der Waals surface area contributed by atoms with Crippen molar-refractivity contribution in [1.82, 2.24) is 0 Å². The van der Waals surface area contributed by atoms with Crippen LogP contribution in [0.2, 0.25) is 0 Å². The molecule has 1 fully saturated rings. The van der Waals surface area contributed by atoms with Gasteiger partial charge < -0.3 is 9.47 Å². The number of alkyl halides is 2. The fraction of sp³-hybridized carbons (Fsp3) is 0.250. The van der Waals surface area contributed by atoms with Crippen molar-refractivity contribution in [1.29, 1.82) is 0 Å². The zero-order valence-electron chi connectivity index (χ0n) is 11.6. The Labute approximate surface area is 138 Å². The molecule has 110 valence electrons. The molecule has 0 bridgehead atoms. The largest absolute Gasteiger partial charge is 0.497 e. The highest BCUT2D eigenvalue weighted by atomic mass is 35.5. The van der Waals surface area contributed by atoms with Crippen LogP contribution in [-0.2, 0) is 4.75 Å². The molecule has 0 aromatic heterocycles. The molecule has 1 aliphatic heterocycles. The summed E-state index contributed by atoms with van der Waals surface area (Å²) < 4.78 is 9.09. The molecule has 0 saturated carbocycles. The van der Waals surface area contributed by atoms with Crippen LogP contribution in [0.3, 0.4) is 0 Å². The predicted molar refractivity (Wildman–Crippen MR) is 88.8 cm³/mol. The highest BCUT2D eigenvalue weighted by Gasteiger charge is 2.69. The SMILES string of the molecule is COc1ccc(C2(c3ccc(OC)cc3)SC2(Cl)Cl)cc1. The molecule has 2 aromatic rings. The van der Waals surface area contributed by atoms with E-state index in [0.717, 1.165) is 22.6 Å². The molecule has 5 heteroatoms. The zero-order chi connectivity index (χ0) is 15.1. The summed E-state index contributed by atoms with van der Waals surface area (Å²) in [5.41, 5.74) is 2.12. The molecule has 0 radical (unpaired) electrons. The van der Waals surface area contributed by atoms with Crippen molar-refractivity contribution < 1.29 is 9.47 Å². The number of benzene rings is 2. The van der Waals surface area contributed by atoms with Gasteiger partial charge in [0.05, 0.1) is 14.2 Å². The third-order valence-electron chi connectivity index (χ3n) is 3.64. The summed E-state index contributed by atoms with van der Waals surface area (Å²) in [7, 11) is 3.29. The molecule has 0 N–H and O–H groups in total. The maximum Gasteiger partial charge on any atom is 0.187 e. The highest BCUT2D eigenvalue weighted by Crippen LogP contribution is 2.77. The number of halogens is 2. The predicted octanol–water partition coefficient (Wildman–Crippen LogP) is 4.83. The lowest BCUT2D eigenvalue weighted by atomic mass is 9.92. The van der Waals surface area contributed by atoms with Crippen LogP contribution in [-0.4, -0.2) is 17.9 Å². The number of hydrogen-bond donors (Lipinski definition) is 0. The molecule has 1 heterocycles. The summed E-state index contributed by atoms with van der Waals surface area (Å²) in [5, 5.41) is 0. The van der Waals surface area contributed by atoms with Crippen LogP contribution in [0.5, 0.6) is 11.5 Å². The van der Waals surface area contributed by atoms with E-state index >= 15 is 0 Å². The average Bonchev–Trinajstić information content (AvgIpc) is 3.11. The normalized spacial score (nSPS) is 18.1. The van der Waals surface area contributed by atoms with Crippen molar-refractivity contribution in [2.75, 3.05) is 14.2 Å². The molecular formula is C16H14Cl2O2S. The average molecular weight is 341 g/mol. The van der Waals surface area contributed by atoms with Gasteiger partial charge in [0.25, 0.3) is 0 Å². The van der Waals surface area contributed by atoms with Crippen molar-refractivity contribution in [3.8, 4) is 11.5 Å². The second-order valence-electron chi connectivity index (χ2n) is 4.76. The van der Waals surface area contributed by atoms with Gasteiger partial charge >= 0.3 is 0 Å². The van der Waals surface area contributed by atoms with Crippen molar-refractivity contribution >= 4 is 35.0 Å². The van der Waals surface area contributed by atoms with Crippen molar-refractivity contribution in [3.63, 3.8) is 0 Å². The second kappa shape index (κ2) is 5.31. The Hall–Kier alpha value is -1.03. The number of thioether (sulfide) groups is 1. The lowest BCUT2D eigenvalue weighted by Crippen LogP contribution is -2.16. The minimum absolute atomic E-state index is 0.450. The maximum absolute atomic E-state index is 6.45. The van der Waals surface area contributed by atoms with E-state index in [4.69, 9.17) is 32.7 Å². The van der Waals surface area contributed by atoms with E-state index in [0.29, 0.717) is 0 Å². The number of hydrogen-bond acceptors (Lipinski definition) is 3. The van der Waals surface area contributed by atoms with Gasteiger partial charge in [-0.15, -0.1) is 11.8 Å². The highest BCUT2D eigenvalue weighted by molar-refractivity contribution is 8.12. The molecule has 0 unspecified atom stereocenters. The molecule has 21 heavy (non-hydrogen) atoms. The van der Waals surface area contributed by atoms with Crippen LogP contribution in [0.25, 0.3) is 0 Å². The van der Waals surface area contributed by atoms with Crippen LogP contribution < -0.4 is 9.47 Å². The smallest absolute Gasteiger partial charge is 0.187 e. The summed E-state index contributed by atoms with van der Waals surface area (Å²) in [6, 6.07) is 15.7. The molecule has 0 amide bonds. The van der Waals surface area contributed by atoms with Gasteiger partial charge in [-0.25, -0.2) is 0 Å². The summed E-state index contributed by atoms with van der Waals surface area (Å²) >= 11 is 14.4. The Morgan fingerprint density at radius 3 is 1.33 bits per heavy atom. The summed E-state index contributed by atoms with van der Waals surface area (Å²) in [6.45, 7) is 0. The topological polar surface area (TPSA) is 18.5 Å². The molecule has 0 aliphatic carbocycles. The molecule has 0 atom stereocenters. The Morgan fingerprint density at radius 2 is 1.10 bits per heavy atom. The van der Waals surface area contributed by atoms with Crippen LogP contribution in [0.4, 0.5) is 0 Å². The zero-order valence-corrected chi connectivity index (χ0v) is 13.9. The van der Waals surface area contributed by atoms with Gasteiger partial charge in [-0.2, -0.15) is 0 Å².